The molecule has 4 nitrogen and oxygen atoms in total. The Balaban J connectivity index is 1.68. The Hall–Kier alpha value is -2.64. The van der Waals surface area contributed by atoms with Crippen molar-refractivity contribution >= 4 is 17.4 Å². The summed E-state index contributed by atoms with van der Waals surface area (Å²) in [6.45, 7) is 2.22. The first-order valence-corrected chi connectivity index (χ1v) is 8.87. The molecule has 8 heteroatoms. The van der Waals surface area contributed by atoms with E-state index in [1.165, 1.54) is 18.5 Å². The molecule has 146 valence electrons. The normalized spacial score (nSPS) is 12.6. The molecular formula is C20H18ClF3N4. The van der Waals surface area contributed by atoms with Gasteiger partial charge in [0, 0.05) is 29.2 Å². The molecule has 0 aliphatic rings. The summed E-state index contributed by atoms with van der Waals surface area (Å²) in [5.74, 6) is 0.559. The maximum Gasteiger partial charge on any atom is 0.416 e. The zero-order valence-corrected chi connectivity index (χ0v) is 15.7. The Kier molecular flexibility index (Phi) is 5.86. The zero-order valence-electron chi connectivity index (χ0n) is 15.0. The SMILES string of the molecule is Cc1ccc(-c2cc(NC[C@@H](N)c3ccc(C(F)(F)F)cc3)ncn2)cc1Cl. The van der Waals surface area contributed by atoms with Gasteiger partial charge in [-0.05, 0) is 36.2 Å². The van der Waals surface area contributed by atoms with Crippen LogP contribution in [0.3, 0.4) is 0 Å². The summed E-state index contributed by atoms with van der Waals surface area (Å²) in [5, 5.41) is 3.74. The molecule has 3 N–H and O–H groups in total. The largest absolute Gasteiger partial charge is 0.416 e. The van der Waals surface area contributed by atoms with Crippen LogP contribution in [0.4, 0.5) is 19.0 Å². The molecule has 0 aliphatic carbocycles. The summed E-state index contributed by atoms with van der Waals surface area (Å²) < 4.78 is 37.9. The number of nitrogens with one attached hydrogen (secondary N) is 1. The van der Waals surface area contributed by atoms with Crippen molar-refractivity contribution in [3.63, 3.8) is 0 Å². The molecule has 0 radical (unpaired) electrons. The second kappa shape index (κ2) is 8.16. The van der Waals surface area contributed by atoms with E-state index in [9.17, 15) is 13.2 Å². The summed E-state index contributed by atoms with van der Waals surface area (Å²) in [5.41, 5.74) is 8.50. The highest BCUT2D eigenvalue weighted by Crippen LogP contribution is 2.30. The van der Waals surface area contributed by atoms with Gasteiger partial charge in [0.05, 0.1) is 11.3 Å². The van der Waals surface area contributed by atoms with E-state index in [1.807, 2.05) is 25.1 Å². The summed E-state index contributed by atoms with van der Waals surface area (Å²) in [7, 11) is 0. The van der Waals surface area contributed by atoms with E-state index in [4.69, 9.17) is 17.3 Å². The Morgan fingerprint density at radius 1 is 1.07 bits per heavy atom. The second-order valence-corrected chi connectivity index (χ2v) is 6.77. The average molecular weight is 407 g/mol. The van der Waals surface area contributed by atoms with Crippen LogP contribution in [0.1, 0.15) is 22.7 Å². The van der Waals surface area contributed by atoms with E-state index in [0.29, 0.717) is 28.6 Å². The summed E-state index contributed by atoms with van der Waals surface area (Å²) in [4.78, 5) is 8.41. The minimum absolute atomic E-state index is 0.302. The van der Waals surface area contributed by atoms with Gasteiger partial charge in [-0.2, -0.15) is 13.2 Å². The number of aromatic nitrogens is 2. The van der Waals surface area contributed by atoms with Crippen molar-refractivity contribution in [2.45, 2.75) is 19.1 Å². The third kappa shape index (κ3) is 4.79. The second-order valence-electron chi connectivity index (χ2n) is 6.36. The van der Waals surface area contributed by atoms with Gasteiger partial charge in [-0.15, -0.1) is 0 Å². The van der Waals surface area contributed by atoms with Crippen molar-refractivity contribution < 1.29 is 13.2 Å². The van der Waals surface area contributed by atoms with Crippen molar-refractivity contribution in [1.82, 2.24) is 9.97 Å². The predicted molar refractivity (Wildman–Crippen MR) is 104 cm³/mol. The molecule has 0 saturated carbocycles. The van der Waals surface area contributed by atoms with Gasteiger partial charge in [-0.3, -0.25) is 0 Å². The van der Waals surface area contributed by atoms with Crippen LogP contribution in [-0.2, 0) is 6.18 Å². The van der Waals surface area contributed by atoms with Gasteiger partial charge in [0.25, 0.3) is 0 Å². The van der Waals surface area contributed by atoms with E-state index < -0.39 is 17.8 Å². The molecule has 0 bridgehead atoms. The topological polar surface area (TPSA) is 63.8 Å². The van der Waals surface area contributed by atoms with Gasteiger partial charge in [-0.1, -0.05) is 35.9 Å². The molecule has 0 saturated heterocycles. The first-order valence-electron chi connectivity index (χ1n) is 8.49. The Labute approximate surface area is 165 Å². The molecule has 28 heavy (non-hydrogen) atoms. The molecular weight excluding hydrogens is 389 g/mol. The Bertz CT molecular complexity index is 958. The van der Waals surface area contributed by atoms with Gasteiger partial charge < -0.3 is 11.1 Å². The summed E-state index contributed by atoms with van der Waals surface area (Å²) in [6.07, 6.45) is -2.94. The van der Waals surface area contributed by atoms with Crippen molar-refractivity contribution in [3.8, 4) is 11.3 Å². The van der Waals surface area contributed by atoms with Crippen LogP contribution in [0.2, 0.25) is 5.02 Å². The van der Waals surface area contributed by atoms with Crippen LogP contribution in [0, 0.1) is 6.92 Å². The number of nitrogens with zero attached hydrogens (tertiary/aromatic N) is 2. The molecule has 1 heterocycles. The monoisotopic (exact) mass is 406 g/mol. The lowest BCUT2D eigenvalue weighted by Crippen LogP contribution is -2.21. The number of hydrogen-bond donors (Lipinski definition) is 2. The van der Waals surface area contributed by atoms with Crippen molar-refractivity contribution in [2.24, 2.45) is 5.73 Å². The molecule has 0 unspecified atom stereocenters. The molecule has 0 fully saturated rings. The van der Waals surface area contributed by atoms with Crippen LogP contribution in [0.25, 0.3) is 11.3 Å². The van der Waals surface area contributed by atoms with E-state index in [2.05, 4.69) is 15.3 Å². The van der Waals surface area contributed by atoms with Crippen LogP contribution in [0.5, 0.6) is 0 Å². The van der Waals surface area contributed by atoms with Gasteiger partial charge in [0.1, 0.15) is 12.1 Å². The minimum atomic E-state index is -4.36. The van der Waals surface area contributed by atoms with Gasteiger partial charge >= 0.3 is 6.18 Å². The lowest BCUT2D eigenvalue weighted by atomic mass is 10.1. The highest BCUT2D eigenvalue weighted by Gasteiger charge is 2.30. The fourth-order valence-electron chi connectivity index (χ4n) is 2.62. The minimum Gasteiger partial charge on any atom is -0.368 e. The lowest BCUT2D eigenvalue weighted by molar-refractivity contribution is -0.137. The smallest absolute Gasteiger partial charge is 0.368 e. The van der Waals surface area contributed by atoms with Gasteiger partial charge in [0.2, 0.25) is 0 Å². The van der Waals surface area contributed by atoms with E-state index in [1.54, 1.807) is 6.07 Å². The molecule has 2 aromatic carbocycles. The Morgan fingerprint density at radius 3 is 2.43 bits per heavy atom. The fourth-order valence-corrected chi connectivity index (χ4v) is 2.80. The van der Waals surface area contributed by atoms with Crippen molar-refractivity contribution in [1.29, 1.82) is 0 Å². The number of halogens is 4. The number of nitrogens with two attached hydrogens (primary N) is 1. The molecule has 0 spiro atoms. The number of alkyl halides is 3. The maximum absolute atomic E-state index is 12.6. The standard InChI is InChI=1S/C20H18ClF3N4/c1-12-2-3-14(8-16(12)21)18-9-19(28-11-27-18)26-10-17(25)13-4-6-15(7-5-13)20(22,23)24/h2-9,11,17H,10,25H2,1H3,(H,26,27,28)/t17-/m1/s1. The van der Waals surface area contributed by atoms with Crippen molar-refractivity contribution in [2.75, 3.05) is 11.9 Å². The molecule has 0 aliphatic heterocycles. The van der Waals surface area contributed by atoms with Gasteiger partial charge in [-0.25, -0.2) is 9.97 Å². The molecule has 1 atom stereocenters. The molecule has 3 rings (SSSR count). The van der Waals surface area contributed by atoms with Crippen LogP contribution >= 0.6 is 11.6 Å². The van der Waals surface area contributed by atoms with E-state index in [0.717, 1.165) is 23.3 Å². The average Bonchev–Trinajstić information content (AvgIpc) is 2.68. The third-order valence-corrected chi connectivity index (χ3v) is 4.71. The van der Waals surface area contributed by atoms with Crippen LogP contribution in [0.15, 0.2) is 54.9 Å². The highest BCUT2D eigenvalue weighted by molar-refractivity contribution is 6.31. The highest BCUT2D eigenvalue weighted by atomic mass is 35.5. The first kappa shape index (κ1) is 20.1. The quantitative estimate of drug-likeness (QED) is 0.608. The van der Waals surface area contributed by atoms with Crippen LogP contribution < -0.4 is 11.1 Å². The maximum atomic E-state index is 12.6. The molecule has 1 aromatic heterocycles. The number of benzene rings is 2. The summed E-state index contributed by atoms with van der Waals surface area (Å²) in [6, 6.07) is 11.8. The lowest BCUT2D eigenvalue weighted by Gasteiger charge is -2.15. The molecule has 3 aromatic rings. The summed E-state index contributed by atoms with van der Waals surface area (Å²) >= 11 is 6.17. The van der Waals surface area contributed by atoms with Crippen LogP contribution in [-0.4, -0.2) is 16.5 Å². The van der Waals surface area contributed by atoms with Crippen molar-refractivity contribution in [3.05, 3.63) is 76.6 Å². The number of anilines is 1. The Morgan fingerprint density at radius 2 is 1.79 bits per heavy atom. The fraction of sp³-hybridized carbons (Fsp3) is 0.200. The molecule has 0 amide bonds. The third-order valence-electron chi connectivity index (χ3n) is 4.30. The zero-order chi connectivity index (χ0) is 20.3. The predicted octanol–water partition coefficient (Wildman–Crippen LogP) is 5.24. The van der Waals surface area contributed by atoms with Gasteiger partial charge in [0.15, 0.2) is 0 Å². The number of rotatable bonds is 5. The van der Waals surface area contributed by atoms with E-state index in [-0.39, 0.29) is 0 Å². The number of hydrogen-bond acceptors (Lipinski definition) is 4. The first-order chi connectivity index (χ1) is 13.2. The van der Waals surface area contributed by atoms with E-state index >= 15 is 0 Å². The number of aryl methyl sites for hydroxylation is 1.